The summed E-state index contributed by atoms with van der Waals surface area (Å²) in [7, 11) is 0. The van der Waals surface area contributed by atoms with Crippen LogP contribution in [0.2, 0.25) is 0 Å². The van der Waals surface area contributed by atoms with Crippen LogP contribution < -0.4 is 5.32 Å². The molecule has 1 N–H and O–H groups in total. The van der Waals surface area contributed by atoms with Crippen molar-refractivity contribution in [3.05, 3.63) is 59.9 Å². The fourth-order valence-corrected chi connectivity index (χ4v) is 3.95. The number of carbonyl (C=O) groups is 2. The molecule has 3 aromatic rings. The summed E-state index contributed by atoms with van der Waals surface area (Å²) in [6, 6.07) is 14.0. The van der Waals surface area contributed by atoms with E-state index in [0.717, 1.165) is 22.2 Å². The minimum Gasteiger partial charge on any atom is -0.341 e. The number of para-hydroxylation sites is 1. The molecule has 0 aliphatic carbocycles. The average molecular weight is 390 g/mol. The van der Waals surface area contributed by atoms with Gasteiger partial charge in [-0.15, -0.1) is 0 Å². The molecule has 0 radical (unpaired) electrons. The predicted octanol–water partition coefficient (Wildman–Crippen LogP) is 3.53. The van der Waals surface area contributed by atoms with Gasteiger partial charge in [-0.3, -0.25) is 9.59 Å². The van der Waals surface area contributed by atoms with Gasteiger partial charge in [-0.25, -0.2) is 4.98 Å². The van der Waals surface area contributed by atoms with E-state index in [4.69, 9.17) is 0 Å². The van der Waals surface area contributed by atoms with E-state index in [1.165, 1.54) is 0 Å². The van der Waals surface area contributed by atoms with E-state index in [1.54, 1.807) is 6.20 Å². The maximum absolute atomic E-state index is 12.9. The Balaban J connectivity index is 1.34. The molecule has 4 rings (SSSR count). The second-order valence-corrected chi connectivity index (χ2v) is 7.80. The van der Waals surface area contributed by atoms with Crippen LogP contribution >= 0.6 is 0 Å². The third-order valence-electron chi connectivity index (χ3n) is 5.69. The van der Waals surface area contributed by atoms with Crippen molar-refractivity contribution in [2.24, 2.45) is 5.92 Å². The average Bonchev–Trinajstić information content (AvgIpc) is 3.05. The summed E-state index contributed by atoms with van der Waals surface area (Å²) >= 11 is 0. The van der Waals surface area contributed by atoms with Gasteiger partial charge in [0.2, 0.25) is 11.8 Å². The highest BCUT2D eigenvalue weighted by Crippen LogP contribution is 2.22. The van der Waals surface area contributed by atoms with Crippen LogP contribution in [0.25, 0.3) is 10.9 Å². The molecular weight excluding hydrogens is 364 g/mol. The number of rotatable bonds is 4. The molecule has 1 aliphatic rings. The highest BCUT2D eigenvalue weighted by atomic mass is 16.2. The molecule has 6 heteroatoms. The number of carbonyl (C=O) groups excluding carboxylic acids is 2. The molecule has 0 atom stereocenters. The molecule has 0 spiro atoms. The number of nitrogens with zero attached hydrogens (tertiary/aromatic N) is 3. The number of aryl methyl sites for hydroxylation is 2. The molecule has 0 unspecified atom stereocenters. The van der Waals surface area contributed by atoms with Crippen LogP contribution in [0.1, 0.15) is 24.1 Å². The minimum absolute atomic E-state index is 0.0132. The van der Waals surface area contributed by atoms with Gasteiger partial charge in [0.15, 0.2) is 0 Å². The van der Waals surface area contributed by atoms with E-state index in [0.29, 0.717) is 38.3 Å². The van der Waals surface area contributed by atoms with Gasteiger partial charge in [0.1, 0.15) is 12.4 Å². The van der Waals surface area contributed by atoms with Crippen molar-refractivity contribution in [3.8, 4) is 0 Å². The fraction of sp³-hybridized carbons (Fsp3) is 0.348. The second kappa shape index (κ2) is 8.07. The first-order chi connectivity index (χ1) is 14.0. The SMILES string of the molecule is Cc1ccc(NC(=O)C2CCN(C(=O)Cn3c(C)cc4ccccc43)CC2)nc1. The molecular formula is C23H26N4O2. The quantitative estimate of drug-likeness (QED) is 0.741. The van der Waals surface area contributed by atoms with Gasteiger partial charge in [-0.2, -0.15) is 0 Å². The third kappa shape index (κ3) is 4.16. The Morgan fingerprint density at radius 3 is 2.59 bits per heavy atom. The van der Waals surface area contributed by atoms with Crippen LogP contribution in [0.15, 0.2) is 48.7 Å². The number of fused-ring (bicyclic) bond motifs is 1. The fourth-order valence-electron chi connectivity index (χ4n) is 3.95. The van der Waals surface area contributed by atoms with E-state index >= 15 is 0 Å². The van der Waals surface area contributed by atoms with E-state index in [-0.39, 0.29) is 17.7 Å². The summed E-state index contributed by atoms with van der Waals surface area (Å²) in [6.07, 6.45) is 3.09. The minimum atomic E-state index is -0.0868. The number of hydrogen-bond donors (Lipinski definition) is 1. The number of aromatic nitrogens is 2. The number of amides is 2. The number of anilines is 1. The Morgan fingerprint density at radius 2 is 1.86 bits per heavy atom. The summed E-state index contributed by atoms with van der Waals surface area (Å²) in [5.41, 5.74) is 3.22. The van der Waals surface area contributed by atoms with Crippen molar-refractivity contribution < 1.29 is 9.59 Å². The maximum atomic E-state index is 12.9. The second-order valence-electron chi connectivity index (χ2n) is 7.80. The van der Waals surface area contributed by atoms with Gasteiger partial charge in [0, 0.05) is 36.4 Å². The van der Waals surface area contributed by atoms with E-state index in [9.17, 15) is 9.59 Å². The van der Waals surface area contributed by atoms with Crippen LogP contribution in [0.4, 0.5) is 5.82 Å². The Labute approximate surface area is 170 Å². The molecule has 2 amide bonds. The molecule has 1 fully saturated rings. The van der Waals surface area contributed by atoms with Crippen LogP contribution in [0.5, 0.6) is 0 Å². The monoisotopic (exact) mass is 390 g/mol. The summed E-state index contributed by atoms with van der Waals surface area (Å²) in [5, 5.41) is 4.04. The first-order valence-corrected chi connectivity index (χ1v) is 10.1. The van der Waals surface area contributed by atoms with Crippen molar-refractivity contribution in [1.82, 2.24) is 14.5 Å². The van der Waals surface area contributed by atoms with Crippen LogP contribution in [0.3, 0.4) is 0 Å². The highest BCUT2D eigenvalue weighted by Gasteiger charge is 2.28. The first-order valence-electron chi connectivity index (χ1n) is 10.1. The van der Waals surface area contributed by atoms with E-state index in [2.05, 4.69) is 27.0 Å². The number of piperidine rings is 1. The molecule has 3 heterocycles. The lowest BCUT2D eigenvalue weighted by Crippen LogP contribution is -2.42. The summed E-state index contributed by atoms with van der Waals surface area (Å²) < 4.78 is 2.07. The van der Waals surface area contributed by atoms with Gasteiger partial charge in [0.25, 0.3) is 0 Å². The predicted molar refractivity (Wildman–Crippen MR) is 114 cm³/mol. The van der Waals surface area contributed by atoms with E-state index in [1.807, 2.05) is 49.1 Å². The lowest BCUT2D eigenvalue weighted by atomic mass is 9.96. The van der Waals surface area contributed by atoms with Crippen molar-refractivity contribution in [2.75, 3.05) is 18.4 Å². The Bertz CT molecular complexity index is 1030. The molecule has 29 heavy (non-hydrogen) atoms. The molecule has 1 aliphatic heterocycles. The maximum Gasteiger partial charge on any atom is 0.242 e. The Hall–Kier alpha value is -3.15. The molecule has 1 aromatic carbocycles. The summed E-state index contributed by atoms with van der Waals surface area (Å²) in [4.78, 5) is 31.5. The van der Waals surface area contributed by atoms with Gasteiger partial charge < -0.3 is 14.8 Å². The Morgan fingerprint density at radius 1 is 1.10 bits per heavy atom. The van der Waals surface area contributed by atoms with Crippen molar-refractivity contribution >= 4 is 28.5 Å². The lowest BCUT2D eigenvalue weighted by Gasteiger charge is -2.31. The van der Waals surface area contributed by atoms with Gasteiger partial charge in [-0.1, -0.05) is 24.3 Å². The molecule has 1 saturated heterocycles. The van der Waals surface area contributed by atoms with Gasteiger partial charge in [-0.05, 0) is 55.8 Å². The van der Waals surface area contributed by atoms with Crippen molar-refractivity contribution in [2.45, 2.75) is 33.2 Å². The van der Waals surface area contributed by atoms with E-state index < -0.39 is 0 Å². The molecule has 0 bridgehead atoms. The molecule has 0 saturated carbocycles. The summed E-state index contributed by atoms with van der Waals surface area (Å²) in [6.45, 7) is 5.54. The normalized spacial score (nSPS) is 14.9. The zero-order valence-electron chi connectivity index (χ0n) is 16.9. The first kappa shape index (κ1) is 19.2. The number of nitrogens with one attached hydrogen (secondary N) is 1. The lowest BCUT2D eigenvalue weighted by molar-refractivity contribution is -0.135. The molecule has 2 aromatic heterocycles. The van der Waals surface area contributed by atoms with Crippen molar-refractivity contribution in [3.63, 3.8) is 0 Å². The van der Waals surface area contributed by atoms with Gasteiger partial charge >= 0.3 is 0 Å². The zero-order valence-corrected chi connectivity index (χ0v) is 16.9. The summed E-state index contributed by atoms with van der Waals surface area (Å²) in [5.74, 6) is 0.583. The smallest absolute Gasteiger partial charge is 0.242 e. The largest absolute Gasteiger partial charge is 0.341 e. The van der Waals surface area contributed by atoms with Crippen LogP contribution in [0, 0.1) is 19.8 Å². The standard InChI is InChI=1S/C23H26N4O2/c1-16-7-8-21(24-14-16)25-23(29)18-9-11-26(12-10-18)22(28)15-27-17(2)13-19-5-3-4-6-20(19)27/h3-8,13-14,18H,9-12,15H2,1-2H3,(H,24,25,29). The topological polar surface area (TPSA) is 67.2 Å². The van der Waals surface area contributed by atoms with Crippen LogP contribution in [-0.2, 0) is 16.1 Å². The number of pyridine rings is 1. The highest BCUT2D eigenvalue weighted by molar-refractivity contribution is 5.92. The molecule has 150 valence electrons. The van der Waals surface area contributed by atoms with Gasteiger partial charge in [0.05, 0.1) is 0 Å². The molecule has 6 nitrogen and oxygen atoms in total. The Kier molecular flexibility index (Phi) is 5.34. The number of benzene rings is 1. The number of hydrogen-bond acceptors (Lipinski definition) is 3. The number of likely N-dealkylation sites (tertiary alicyclic amines) is 1. The van der Waals surface area contributed by atoms with Crippen LogP contribution in [-0.4, -0.2) is 39.4 Å². The zero-order chi connectivity index (χ0) is 20.4. The third-order valence-corrected chi connectivity index (χ3v) is 5.69. The van der Waals surface area contributed by atoms with Crippen molar-refractivity contribution in [1.29, 1.82) is 0 Å².